The summed E-state index contributed by atoms with van der Waals surface area (Å²) in [6.45, 7) is 1.56. The molecule has 0 spiro atoms. The second-order valence-electron chi connectivity index (χ2n) is 5.35. The number of carbonyl (C=O) groups is 1. The van der Waals surface area contributed by atoms with E-state index in [1.54, 1.807) is 0 Å². The van der Waals surface area contributed by atoms with Gasteiger partial charge in [0.25, 0.3) is 0 Å². The van der Waals surface area contributed by atoms with Crippen molar-refractivity contribution < 1.29 is 9.53 Å². The Hall–Kier alpha value is -1.81. The fourth-order valence-electron chi connectivity index (χ4n) is 2.53. The third-order valence-electron chi connectivity index (χ3n) is 3.82. The number of carbonyl (C=O) groups excluding carboxylic acids is 1. The van der Waals surface area contributed by atoms with E-state index in [9.17, 15) is 4.79 Å². The lowest BCUT2D eigenvalue weighted by Gasteiger charge is -2.10. The molecule has 4 nitrogen and oxygen atoms in total. The largest absolute Gasteiger partial charge is 0.469 e. The average Bonchev–Trinajstić information content (AvgIpc) is 3.21. The van der Waals surface area contributed by atoms with Gasteiger partial charge in [-0.25, -0.2) is 0 Å². The number of nitrogens with one attached hydrogen (secondary N) is 1. The Morgan fingerprint density at radius 2 is 2.25 bits per heavy atom. The summed E-state index contributed by atoms with van der Waals surface area (Å²) in [5.74, 6) is -0.166. The lowest BCUT2D eigenvalue weighted by Crippen LogP contribution is -2.16. The summed E-state index contributed by atoms with van der Waals surface area (Å²) in [4.78, 5) is 11.3. The number of para-hydroxylation sites is 1. The first-order valence-electron chi connectivity index (χ1n) is 7.15. The van der Waals surface area contributed by atoms with Gasteiger partial charge in [0.2, 0.25) is 0 Å². The summed E-state index contributed by atoms with van der Waals surface area (Å²) in [7, 11) is 1.43. The first-order valence-corrected chi connectivity index (χ1v) is 7.15. The van der Waals surface area contributed by atoms with Crippen molar-refractivity contribution in [1.82, 2.24) is 9.88 Å². The lowest BCUT2D eigenvalue weighted by molar-refractivity contribution is -0.140. The molecule has 0 unspecified atom stereocenters. The first-order chi connectivity index (χ1) is 9.78. The Morgan fingerprint density at radius 3 is 3.00 bits per heavy atom. The molecule has 1 N–H and O–H groups in total. The number of aryl methyl sites for hydroxylation is 1. The second-order valence-corrected chi connectivity index (χ2v) is 5.35. The van der Waals surface area contributed by atoms with Gasteiger partial charge in [0.05, 0.1) is 19.0 Å². The Balaban J connectivity index is 1.81. The lowest BCUT2D eigenvalue weighted by atomic mass is 10.1. The molecule has 106 valence electrons. The van der Waals surface area contributed by atoms with Crippen LogP contribution in [0.25, 0.3) is 10.9 Å². The number of benzene rings is 1. The van der Waals surface area contributed by atoms with Crippen molar-refractivity contribution in [2.45, 2.75) is 38.4 Å². The maximum absolute atomic E-state index is 11.3. The Labute approximate surface area is 118 Å². The molecule has 0 aliphatic heterocycles. The van der Waals surface area contributed by atoms with Gasteiger partial charge in [0.1, 0.15) is 0 Å². The fraction of sp³-hybridized carbons (Fsp3) is 0.438. The molecule has 2 aromatic rings. The predicted octanol–water partition coefficient (Wildman–Crippen LogP) is 2.46. The fourth-order valence-corrected chi connectivity index (χ4v) is 2.53. The number of fused-ring (bicyclic) bond motifs is 1. The van der Waals surface area contributed by atoms with Crippen LogP contribution in [0.2, 0.25) is 0 Å². The number of methoxy groups -OCH3 is 1. The highest BCUT2D eigenvalue weighted by Gasteiger charge is 2.20. The van der Waals surface area contributed by atoms with Crippen LogP contribution in [0.5, 0.6) is 0 Å². The van der Waals surface area contributed by atoms with Crippen molar-refractivity contribution in [2.75, 3.05) is 7.11 Å². The molecule has 20 heavy (non-hydrogen) atoms. The zero-order chi connectivity index (χ0) is 13.9. The highest BCUT2D eigenvalue weighted by atomic mass is 16.5. The van der Waals surface area contributed by atoms with E-state index in [-0.39, 0.29) is 5.97 Å². The van der Waals surface area contributed by atoms with Gasteiger partial charge in [0.15, 0.2) is 0 Å². The van der Waals surface area contributed by atoms with Gasteiger partial charge < -0.3 is 14.6 Å². The summed E-state index contributed by atoms with van der Waals surface area (Å²) >= 11 is 0. The number of esters is 1. The molecule has 4 heteroatoms. The molecule has 1 aromatic heterocycles. The summed E-state index contributed by atoms with van der Waals surface area (Å²) in [6.07, 6.45) is 5.04. The summed E-state index contributed by atoms with van der Waals surface area (Å²) in [6, 6.07) is 9.17. The molecule has 0 radical (unpaired) electrons. The van der Waals surface area contributed by atoms with E-state index >= 15 is 0 Å². The molecule has 1 fully saturated rings. The van der Waals surface area contributed by atoms with E-state index in [1.165, 1.54) is 36.4 Å². The molecule has 0 atom stereocenters. The number of hydrogen-bond donors (Lipinski definition) is 1. The van der Waals surface area contributed by atoms with Crippen LogP contribution in [0.15, 0.2) is 30.5 Å². The molecular weight excluding hydrogens is 252 g/mol. The van der Waals surface area contributed by atoms with Crippen molar-refractivity contribution >= 4 is 16.9 Å². The number of rotatable bonds is 6. The predicted molar refractivity (Wildman–Crippen MR) is 78.4 cm³/mol. The molecule has 0 saturated heterocycles. The van der Waals surface area contributed by atoms with Gasteiger partial charge in [-0.3, -0.25) is 4.79 Å². The van der Waals surface area contributed by atoms with E-state index < -0.39 is 0 Å². The van der Waals surface area contributed by atoms with Gasteiger partial charge >= 0.3 is 5.97 Å². The van der Waals surface area contributed by atoms with Gasteiger partial charge in [-0.2, -0.15) is 0 Å². The van der Waals surface area contributed by atoms with Gasteiger partial charge in [0, 0.05) is 25.3 Å². The van der Waals surface area contributed by atoms with Crippen molar-refractivity contribution in [3.63, 3.8) is 0 Å². The normalized spacial score (nSPS) is 14.7. The Kier molecular flexibility index (Phi) is 3.74. The van der Waals surface area contributed by atoms with Crippen molar-refractivity contribution in [1.29, 1.82) is 0 Å². The third kappa shape index (κ3) is 2.85. The molecule has 1 saturated carbocycles. The first kappa shape index (κ1) is 13.2. The maximum atomic E-state index is 11.3. The van der Waals surface area contributed by atoms with Crippen LogP contribution in [0.1, 0.15) is 24.8 Å². The topological polar surface area (TPSA) is 43.3 Å². The van der Waals surface area contributed by atoms with Crippen molar-refractivity contribution in [3.8, 4) is 0 Å². The van der Waals surface area contributed by atoms with E-state index in [4.69, 9.17) is 4.74 Å². The quantitative estimate of drug-likeness (QED) is 0.821. The number of hydrogen-bond acceptors (Lipinski definition) is 3. The highest BCUT2D eigenvalue weighted by molar-refractivity contribution is 5.83. The van der Waals surface area contributed by atoms with Gasteiger partial charge in [-0.1, -0.05) is 18.2 Å². The molecule has 1 aliphatic rings. The Bertz CT molecular complexity index is 614. The van der Waals surface area contributed by atoms with Crippen LogP contribution in [0.4, 0.5) is 0 Å². The standard InChI is InChI=1S/C16H20N2O2/c1-20-15(19)8-10-18-9-7-12-3-2-4-13(16(12)18)11-17-14-5-6-14/h2-4,7,9,14,17H,5-6,8,10-11H2,1H3. The van der Waals surface area contributed by atoms with Crippen molar-refractivity contribution in [3.05, 3.63) is 36.0 Å². The van der Waals surface area contributed by atoms with Gasteiger partial charge in [-0.05, 0) is 29.9 Å². The summed E-state index contributed by atoms with van der Waals surface area (Å²) in [5.41, 5.74) is 2.52. The van der Waals surface area contributed by atoms with E-state index in [1.807, 2.05) is 6.20 Å². The number of ether oxygens (including phenoxy) is 1. The molecular formula is C16H20N2O2. The van der Waals surface area contributed by atoms with Crippen LogP contribution in [0, 0.1) is 0 Å². The van der Waals surface area contributed by atoms with Crippen LogP contribution in [-0.4, -0.2) is 23.7 Å². The zero-order valence-electron chi connectivity index (χ0n) is 11.8. The molecule has 1 aliphatic carbocycles. The summed E-state index contributed by atoms with van der Waals surface area (Å²) in [5, 5.41) is 4.78. The van der Waals surface area contributed by atoms with Gasteiger partial charge in [-0.15, -0.1) is 0 Å². The third-order valence-corrected chi connectivity index (χ3v) is 3.82. The summed E-state index contributed by atoms with van der Waals surface area (Å²) < 4.78 is 6.86. The monoisotopic (exact) mass is 272 g/mol. The minimum Gasteiger partial charge on any atom is -0.469 e. The van der Waals surface area contributed by atoms with Crippen LogP contribution in [-0.2, 0) is 22.6 Å². The molecule has 1 heterocycles. The highest BCUT2D eigenvalue weighted by Crippen LogP contribution is 2.23. The minimum atomic E-state index is -0.166. The second kappa shape index (κ2) is 5.67. The zero-order valence-corrected chi connectivity index (χ0v) is 11.8. The van der Waals surface area contributed by atoms with Crippen LogP contribution in [0.3, 0.4) is 0 Å². The molecule has 1 aromatic carbocycles. The van der Waals surface area contributed by atoms with E-state index in [0.717, 1.165) is 6.54 Å². The smallest absolute Gasteiger partial charge is 0.307 e. The molecule has 3 rings (SSSR count). The minimum absolute atomic E-state index is 0.166. The number of aromatic nitrogens is 1. The SMILES string of the molecule is COC(=O)CCn1ccc2cccc(CNC3CC3)c21. The molecule has 0 amide bonds. The van der Waals surface area contributed by atoms with E-state index in [0.29, 0.717) is 19.0 Å². The van der Waals surface area contributed by atoms with Crippen molar-refractivity contribution in [2.24, 2.45) is 0 Å². The maximum Gasteiger partial charge on any atom is 0.307 e. The number of nitrogens with zero attached hydrogens (tertiary/aromatic N) is 1. The van der Waals surface area contributed by atoms with E-state index in [2.05, 4.69) is 34.1 Å². The average molecular weight is 272 g/mol. The van der Waals surface area contributed by atoms with Crippen LogP contribution >= 0.6 is 0 Å². The van der Waals surface area contributed by atoms with Crippen LogP contribution < -0.4 is 5.32 Å². The Morgan fingerprint density at radius 1 is 1.40 bits per heavy atom. The molecule has 0 bridgehead atoms.